The Morgan fingerprint density at radius 1 is 1.21 bits per heavy atom. The van der Waals surface area contributed by atoms with E-state index < -0.39 is 6.17 Å². The fourth-order valence-electron chi connectivity index (χ4n) is 5.98. The van der Waals surface area contributed by atoms with E-state index in [2.05, 4.69) is 21.4 Å². The number of hydrogen-bond acceptors (Lipinski definition) is 5. The zero-order valence-corrected chi connectivity index (χ0v) is 18.0. The molecule has 7 nitrogen and oxygen atoms in total. The lowest BCUT2D eigenvalue weighted by Gasteiger charge is -2.33. The third kappa shape index (κ3) is 5.67. The Balaban J connectivity index is 1.26. The van der Waals surface area contributed by atoms with Gasteiger partial charge in [0, 0.05) is 51.2 Å². The van der Waals surface area contributed by atoms with Crippen LogP contribution in [-0.2, 0) is 9.57 Å². The lowest BCUT2D eigenvalue weighted by Crippen LogP contribution is -3.16. The van der Waals surface area contributed by atoms with Gasteiger partial charge in [-0.1, -0.05) is 12.8 Å². The van der Waals surface area contributed by atoms with Crippen molar-refractivity contribution in [2.24, 2.45) is 11.8 Å². The predicted molar refractivity (Wildman–Crippen MR) is 109 cm³/mol. The Bertz CT molecular complexity index is 502. The number of alkyl halides is 1. The molecule has 8 heteroatoms. The molecule has 1 aliphatic carbocycles. The number of methoxy groups -OCH3 is 1. The zero-order valence-electron chi connectivity index (χ0n) is 18.0. The zero-order chi connectivity index (χ0) is 20.1. The number of likely N-dealkylation sites (tertiary alicyclic amines) is 1. The van der Waals surface area contributed by atoms with E-state index in [4.69, 9.17) is 9.57 Å². The molecule has 8 atom stereocenters. The van der Waals surface area contributed by atoms with Gasteiger partial charge in [0.2, 0.25) is 0 Å². The molecule has 4 fully saturated rings. The van der Waals surface area contributed by atoms with Gasteiger partial charge < -0.3 is 15.0 Å². The normalized spacial score (nSPS) is 43.7. The first kappa shape index (κ1) is 21.9. The van der Waals surface area contributed by atoms with Crippen LogP contribution < -0.4 is 26.3 Å². The minimum atomic E-state index is -0.596. The van der Waals surface area contributed by atoms with Crippen molar-refractivity contribution >= 4 is 0 Å². The molecule has 0 aromatic carbocycles. The summed E-state index contributed by atoms with van der Waals surface area (Å²) in [5, 5.41) is 9.74. The molecule has 0 radical (unpaired) electrons. The summed E-state index contributed by atoms with van der Waals surface area (Å²) in [5.41, 5.74) is 3.31. The van der Waals surface area contributed by atoms with E-state index >= 15 is 0 Å². The Labute approximate surface area is 174 Å². The summed E-state index contributed by atoms with van der Waals surface area (Å²) in [4.78, 5) is 7.61. The third-order valence-corrected chi connectivity index (χ3v) is 7.64. The Morgan fingerprint density at radius 2 is 2.10 bits per heavy atom. The standard InChI is InChI=1S/C21H40FN5O2/c1-28-12-10-24-19-13-15(8-9-23-19)20-25-21(29-26-20)18-7-4-11-27(18)14-16-5-2-3-6-17(16)22/h15-21,23-26H,2-14H2,1H3/p+2. The van der Waals surface area contributed by atoms with Crippen LogP contribution in [-0.4, -0.2) is 70.7 Å². The van der Waals surface area contributed by atoms with Crippen LogP contribution in [0.15, 0.2) is 0 Å². The van der Waals surface area contributed by atoms with E-state index in [0.29, 0.717) is 18.1 Å². The molecule has 1 saturated carbocycles. The molecule has 0 spiro atoms. The number of hydroxylamine groups is 1. The predicted octanol–water partition coefficient (Wildman–Crippen LogP) is -1.13. The van der Waals surface area contributed by atoms with Crippen LogP contribution in [0.3, 0.4) is 0 Å². The van der Waals surface area contributed by atoms with Gasteiger partial charge in [-0.25, -0.2) is 4.39 Å². The number of halogens is 1. The molecule has 4 rings (SSSR count). The molecule has 0 aromatic heterocycles. The van der Waals surface area contributed by atoms with Crippen LogP contribution in [0.2, 0.25) is 0 Å². The molecule has 168 valence electrons. The molecule has 3 saturated heterocycles. The van der Waals surface area contributed by atoms with E-state index in [1.165, 1.54) is 25.7 Å². The molecule has 0 bridgehead atoms. The van der Waals surface area contributed by atoms with Crippen molar-refractivity contribution in [3.8, 4) is 0 Å². The van der Waals surface area contributed by atoms with Crippen molar-refractivity contribution in [1.29, 1.82) is 0 Å². The maximum Gasteiger partial charge on any atom is 0.183 e. The minimum Gasteiger partial charge on any atom is -0.383 e. The van der Waals surface area contributed by atoms with E-state index in [9.17, 15) is 4.39 Å². The number of rotatable bonds is 8. The van der Waals surface area contributed by atoms with E-state index in [-0.39, 0.29) is 18.3 Å². The van der Waals surface area contributed by atoms with Crippen molar-refractivity contribution in [3.05, 3.63) is 0 Å². The summed E-state index contributed by atoms with van der Waals surface area (Å²) in [6, 6.07) is 0.437. The molecule has 29 heavy (non-hydrogen) atoms. The van der Waals surface area contributed by atoms with Crippen LogP contribution in [0.5, 0.6) is 0 Å². The smallest absolute Gasteiger partial charge is 0.183 e. The number of hydrogen-bond donors (Lipinski definition) is 5. The molecule has 0 amide bonds. The number of ether oxygens (including phenoxy) is 1. The lowest BCUT2D eigenvalue weighted by molar-refractivity contribution is -0.920. The summed E-state index contributed by atoms with van der Waals surface area (Å²) in [5.74, 6) is 0.806. The average Bonchev–Trinajstić information content (AvgIpc) is 3.40. The summed E-state index contributed by atoms with van der Waals surface area (Å²) in [6.45, 7) is 4.92. The van der Waals surface area contributed by atoms with Crippen molar-refractivity contribution in [2.75, 3.05) is 39.9 Å². The van der Waals surface area contributed by atoms with Crippen LogP contribution in [0.25, 0.3) is 0 Å². The summed E-state index contributed by atoms with van der Waals surface area (Å²) < 4.78 is 19.5. The van der Waals surface area contributed by atoms with Crippen LogP contribution in [0, 0.1) is 11.8 Å². The summed E-state index contributed by atoms with van der Waals surface area (Å²) in [7, 11) is 1.75. The van der Waals surface area contributed by atoms with Gasteiger partial charge in [-0.15, -0.1) is 0 Å². The highest BCUT2D eigenvalue weighted by Gasteiger charge is 2.44. The molecule has 0 aromatic rings. The number of nitrogens with one attached hydrogen (secondary N) is 4. The highest BCUT2D eigenvalue weighted by Crippen LogP contribution is 2.26. The number of piperidine rings is 1. The fourth-order valence-corrected chi connectivity index (χ4v) is 5.98. The highest BCUT2D eigenvalue weighted by molar-refractivity contribution is 4.85. The quantitative estimate of drug-likeness (QED) is 0.325. The van der Waals surface area contributed by atoms with Gasteiger partial charge in [0.1, 0.15) is 18.4 Å². The van der Waals surface area contributed by atoms with Crippen molar-refractivity contribution in [2.45, 2.75) is 82.1 Å². The summed E-state index contributed by atoms with van der Waals surface area (Å²) >= 11 is 0. The molecule has 3 heterocycles. The Kier molecular flexibility index (Phi) is 8.14. The van der Waals surface area contributed by atoms with Gasteiger partial charge in [0.25, 0.3) is 0 Å². The number of nitrogens with two attached hydrogens (primary N) is 1. The topological polar surface area (TPSA) is 75.6 Å². The second-order valence-corrected chi connectivity index (χ2v) is 9.58. The van der Waals surface area contributed by atoms with Crippen LogP contribution in [0.4, 0.5) is 4.39 Å². The largest absolute Gasteiger partial charge is 0.383 e. The molecule has 8 unspecified atom stereocenters. The summed E-state index contributed by atoms with van der Waals surface area (Å²) in [6.07, 6.45) is 8.91. The van der Waals surface area contributed by atoms with Crippen molar-refractivity contribution in [3.63, 3.8) is 0 Å². The molecule has 3 aliphatic heterocycles. The van der Waals surface area contributed by atoms with Gasteiger partial charge in [0.15, 0.2) is 6.23 Å². The minimum absolute atomic E-state index is 0.0463. The second-order valence-electron chi connectivity index (χ2n) is 9.58. The Hall–Kier alpha value is -0.350. The molecule has 4 aliphatic rings. The van der Waals surface area contributed by atoms with Gasteiger partial charge >= 0.3 is 0 Å². The molecular formula is C21H42FN5O2+2. The fraction of sp³-hybridized carbons (Fsp3) is 1.00. The monoisotopic (exact) mass is 415 g/mol. The van der Waals surface area contributed by atoms with Gasteiger partial charge in [-0.2, -0.15) is 5.48 Å². The lowest BCUT2D eigenvalue weighted by atomic mass is 9.87. The molecular weight excluding hydrogens is 373 g/mol. The third-order valence-electron chi connectivity index (χ3n) is 7.64. The van der Waals surface area contributed by atoms with E-state index in [1.807, 2.05) is 0 Å². The van der Waals surface area contributed by atoms with E-state index in [0.717, 1.165) is 58.5 Å². The first-order valence-corrected chi connectivity index (χ1v) is 12.0. The average molecular weight is 416 g/mol. The first-order valence-electron chi connectivity index (χ1n) is 12.0. The van der Waals surface area contributed by atoms with Crippen molar-refractivity contribution in [1.82, 2.24) is 16.1 Å². The van der Waals surface area contributed by atoms with Crippen LogP contribution >= 0.6 is 0 Å². The Morgan fingerprint density at radius 3 is 2.97 bits per heavy atom. The van der Waals surface area contributed by atoms with Crippen molar-refractivity contribution < 1.29 is 24.2 Å². The van der Waals surface area contributed by atoms with Crippen LogP contribution in [0.1, 0.15) is 51.4 Å². The van der Waals surface area contributed by atoms with Gasteiger partial charge in [0.05, 0.1) is 32.4 Å². The molecule has 6 N–H and O–H groups in total. The second kappa shape index (κ2) is 10.8. The maximum absolute atomic E-state index is 14.4. The van der Waals surface area contributed by atoms with E-state index in [1.54, 1.807) is 12.0 Å². The first-order chi connectivity index (χ1) is 14.2. The van der Waals surface area contributed by atoms with Gasteiger partial charge in [-0.05, 0) is 12.8 Å². The SMILES string of the molecule is COCCNC1CC(C2NOC(C3CCC[NH+]3CC3CCCCC3F)N2)CC[NH2+]1. The van der Waals surface area contributed by atoms with Gasteiger partial charge in [-0.3, -0.25) is 15.5 Å². The highest BCUT2D eigenvalue weighted by atomic mass is 19.1. The maximum atomic E-state index is 14.4. The number of quaternary nitrogens is 2.